The van der Waals surface area contributed by atoms with E-state index in [0.29, 0.717) is 0 Å². The van der Waals surface area contributed by atoms with Crippen molar-refractivity contribution in [3.05, 3.63) is 0 Å². The maximum Gasteiger partial charge on any atom is 0.302 e. The quantitative estimate of drug-likeness (QED) is 0.502. The number of hydrogen-bond donors (Lipinski definition) is 2. The van der Waals surface area contributed by atoms with E-state index in [9.17, 15) is 9.59 Å². The lowest BCUT2D eigenvalue weighted by molar-refractivity contribution is -0.146. The number of nitrogens with two attached hydrogens (primary N) is 2. The molecule has 0 aliphatic rings. The van der Waals surface area contributed by atoms with E-state index in [1.165, 1.54) is 6.92 Å². The first-order chi connectivity index (χ1) is 5.06. The Balaban J connectivity index is 3.76. The molecule has 0 aliphatic heterocycles. The minimum absolute atomic E-state index is 0.0178. The van der Waals surface area contributed by atoms with Crippen molar-refractivity contribution in [2.45, 2.75) is 19.4 Å². The lowest BCUT2D eigenvalue weighted by Gasteiger charge is -2.11. The van der Waals surface area contributed by atoms with Crippen molar-refractivity contribution >= 4 is 11.9 Å². The zero-order valence-corrected chi connectivity index (χ0v) is 6.37. The molecule has 11 heavy (non-hydrogen) atoms. The van der Waals surface area contributed by atoms with Gasteiger partial charge in [-0.05, 0) is 0 Å². The highest BCUT2D eigenvalue weighted by atomic mass is 16.5. The predicted molar refractivity (Wildman–Crippen MR) is 38.4 cm³/mol. The third-order valence-corrected chi connectivity index (χ3v) is 1.02. The van der Waals surface area contributed by atoms with Crippen molar-refractivity contribution in [1.82, 2.24) is 0 Å². The van der Waals surface area contributed by atoms with Crippen LogP contribution < -0.4 is 11.5 Å². The van der Waals surface area contributed by atoms with Crippen molar-refractivity contribution < 1.29 is 14.3 Å². The molecule has 1 amide bonds. The van der Waals surface area contributed by atoms with E-state index in [1.807, 2.05) is 0 Å². The molecule has 0 heterocycles. The van der Waals surface area contributed by atoms with E-state index in [1.54, 1.807) is 0 Å². The van der Waals surface area contributed by atoms with Crippen molar-refractivity contribution in [3.8, 4) is 0 Å². The van der Waals surface area contributed by atoms with Gasteiger partial charge in [0.05, 0.1) is 6.42 Å². The summed E-state index contributed by atoms with van der Waals surface area (Å²) in [5, 5.41) is 0. The Morgan fingerprint density at radius 3 is 2.36 bits per heavy atom. The Kier molecular flexibility index (Phi) is 4.21. The van der Waals surface area contributed by atoms with Crippen LogP contribution >= 0.6 is 0 Å². The van der Waals surface area contributed by atoms with E-state index < -0.39 is 18.0 Å². The van der Waals surface area contributed by atoms with Crippen molar-refractivity contribution in [2.75, 3.05) is 6.54 Å². The van der Waals surface area contributed by atoms with Crippen LogP contribution in [0.5, 0.6) is 0 Å². The standard InChI is InChI=1S/C6H12N2O3/c1-4(9)11-5(3-7)2-6(8)10/h5H,2-3,7H2,1H3,(H2,8,10). The van der Waals surface area contributed by atoms with Gasteiger partial charge in [-0.2, -0.15) is 0 Å². The lowest BCUT2D eigenvalue weighted by atomic mass is 10.2. The third kappa shape index (κ3) is 5.35. The Labute approximate surface area is 64.7 Å². The summed E-state index contributed by atoms with van der Waals surface area (Å²) in [4.78, 5) is 20.7. The molecule has 0 aromatic rings. The van der Waals surface area contributed by atoms with Gasteiger partial charge < -0.3 is 16.2 Å². The second-order valence-electron chi connectivity index (χ2n) is 2.14. The summed E-state index contributed by atoms with van der Waals surface area (Å²) in [6.07, 6.45) is -0.596. The first-order valence-corrected chi connectivity index (χ1v) is 3.22. The van der Waals surface area contributed by atoms with Gasteiger partial charge in [-0.3, -0.25) is 9.59 Å². The number of ether oxygens (including phenoxy) is 1. The fourth-order valence-electron chi connectivity index (χ4n) is 0.632. The first-order valence-electron chi connectivity index (χ1n) is 3.22. The maximum absolute atomic E-state index is 10.4. The smallest absolute Gasteiger partial charge is 0.302 e. The predicted octanol–water partition coefficient (Wildman–Crippen LogP) is -1.25. The summed E-state index contributed by atoms with van der Waals surface area (Å²) in [5.41, 5.74) is 10.0. The lowest BCUT2D eigenvalue weighted by Crippen LogP contribution is -2.30. The first kappa shape index (κ1) is 9.90. The molecule has 0 fully saturated rings. The summed E-state index contributed by atoms with van der Waals surface area (Å²) >= 11 is 0. The van der Waals surface area contributed by atoms with Gasteiger partial charge in [0.2, 0.25) is 5.91 Å². The summed E-state index contributed by atoms with van der Waals surface area (Å²) in [7, 11) is 0. The van der Waals surface area contributed by atoms with E-state index in [2.05, 4.69) is 4.74 Å². The molecule has 5 heteroatoms. The second kappa shape index (κ2) is 4.68. The molecule has 0 rings (SSSR count). The van der Waals surface area contributed by atoms with Crippen LogP contribution in [0.1, 0.15) is 13.3 Å². The van der Waals surface area contributed by atoms with E-state index >= 15 is 0 Å². The molecule has 4 N–H and O–H groups in total. The highest BCUT2D eigenvalue weighted by Crippen LogP contribution is 1.95. The van der Waals surface area contributed by atoms with Crippen LogP contribution in [0.25, 0.3) is 0 Å². The van der Waals surface area contributed by atoms with E-state index in [4.69, 9.17) is 11.5 Å². The highest BCUT2D eigenvalue weighted by Gasteiger charge is 2.12. The molecule has 0 radical (unpaired) electrons. The van der Waals surface area contributed by atoms with Crippen molar-refractivity contribution in [2.24, 2.45) is 11.5 Å². The molecule has 5 nitrogen and oxygen atoms in total. The number of rotatable bonds is 4. The number of esters is 1. The molecule has 0 aliphatic carbocycles. The van der Waals surface area contributed by atoms with Gasteiger partial charge in [0, 0.05) is 13.5 Å². The molecule has 0 aromatic heterocycles. The fraction of sp³-hybridized carbons (Fsp3) is 0.667. The zero-order chi connectivity index (χ0) is 8.85. The van der Waals surface area contributed by atoms with Crippen LogP contribution in [-0.2, 0) is 14.3 Å². The summed E-state index contributed by atoms with van der Waals surface area (Å²) in [6.45, 7) is 1.37. The van der Waals surface area contributed by atoms with E-state index in [-0.39, 0.29) is 13.0 Å². The minimum Gasteiger partial charge on any atom is -0.461 e. The number of amides is 1. The van der Waals surface area contributed by atoms with Crippen LogP contribution in [0.15, 0.2) is 0 Å². The summed E-state index contributed by atoms with van der Waals surface area (Å²) in [6, 6.07) is 0. The molecule has 0 saturated heterocycles. The number of hydrogen-bond acceptors (Lipinski definition) is 4. The van der Waals surface area contributed by atoms with Gasteiger partial charge in [-0.15, -0.1) is 0 Å². The van der Waals surface area contributed by atoms with Gasteiger partial charge in [0.15, 0.2) is 0 Å². The molecule has 1 atom stereocenters. The van der Waals surface area contributed by atoms with Crippen LogP contribution in [-0.4, -0.2) is 24.5 Å². The Morgan fingerprint density at radius 2 is 2.09 bits per heavy atom. The summed E-state index contributed by atoms with van der Waals surface area (Å²) in [5.74, 6) is -0.983. The molecular formula is C6H12N2O3. The third-order valence-electron chi connectivity index (χ3n) is 1.02. The molecular weight excluding hydrogens is 148 g/mol. The Bertz CT molecular complexity index is 142. The molecule has 0 saturated carbocycles. The molecule has 0 aromatic carbocycles. The van der Waals surface area contributed by atoms with E-state index in [0.717, 1.165) is 0 Å². The van der Waals surface area contributed by atoms with Gasteiger partial charge >= 0.3 is 5.97 Å². The van der Waals surface area contributed by atoms with Gasteiger partial charge in [-0.25, -0.2) is 0 Å². The highest BCUT2D eigenvalue weighted by molar-refractivity contribution is 5.75. The van der Waals surface area contributed by atoms with Crippen molar-refractivity contribution in [3.63, 3.8) is 0 Å². The monoisotopic (exact) mass is 160 g/mol. The fourth-order valence-corrected chi connectivity index (χ4v) is 0.632. The van der Waals surface area contributed by atoms with Crippen LogP contribution in [0.4, 0.5) is 0 Å². The largest absolute Gasteiger partial charge is 0.461 e. The number of carbonyl (C=O) groups excluding carboxylic acids is 2. The van der Waals surface area contributed by atoms with Gasteiger partial charge in [0.1, 0.15) is 6.10 Å². The average molecular weight is 160 g/mol. The number of carbonyl (C=O) groups is 2. The Hall–Kier alpha value is -1.10. The average Bonchev–Trinajstić information content (AvgIpc) is 1.84. The second-order valence-corrected chi connectivity index (χ2v) is 2.14. The summed E-state index contributed by atoms with van der Waals surface area (Å²) < 4.78 is 4.65. The maximum atomic E-state index is 10.4. The molecule has 64 valence electrons. The van der Waals surface area contributed by atoms with Crippen LogP contribution in [0.3, 0.4) is 0 Å². The normalized spacial score (nSPS) is 12.2. The Morgan fingerprint density at radius 1 is 1.55 bits per heavy atom. The zero-order valence-electron chi connectivity index (χ0n) is 6.37. The SMILES string of the molecule is CC(=O)OC(CN)CC(N)=O. The van der Waals surface area contributed by atoms with Crippen LogP contribution in [0.2, 0.25) is 0 Å². The minimum atomic E-state index is -0.579. The molecule has 0 spiro atoms. The topological polar surface area (TPSA) is 95.4 Å². The van der Waals surface area contributed by atoms with Crippen molar-refractivity contribution in [1.29, 1.82) is 0 Å². The molecule has 1 unspecified atom stereocenters. The van der Waals surface area contributed by atoms with Crippen LogP contribution in [0, 0.1) is 0 Å². The van der Waals surface area contributed by atoms with Gasteiger partial charge in [-0.1, -0.05) is 0 Å². The molecule has 0 bridgehead atoms. The van der Waals surface area contributed by atoms with Gasteiger partial charge in [0.25, 0.3) is 0 Å². The number of primary amides is 1.